The summed E-state index contributed by atoms with van der Waals surface area (Å²) in [5.74, 6) is 0.258. The third-order valence-electron chi connectivity index (χ3n) is 5.98. The summed E-state index contributed by atoms with van der Waals surface area (Å²) in [6, 6.07) is 10.7. The van der Waals surface area contributed by atoms with E-state index < -0.39 is 0 Å². The molecule has 7 nitrogen and oxygen atoms in total. The lowest BCUT2D eigenvalue weighted by Gasteiger charge is -2.39. The van der Waals surface area contributed by atoms with Crippen LogP contribution in [0.15, 0.2) is 42.6 Å². The van der Waals surface area contributed by atoms with Crippen LogP contribution in [0.1, 0.15) is 33.2 Å². The summed E-state index contributed by atoms with van der Waals surface area (Å²) in [5, 5.41) is 9.16. The minimum Gasteiger partial charge on any atom is -0.380 e. The summed E-state index contributed by atoms with van der Waals surface area (Å²) in [6.45, 7) is 6.43. The SMILES string of the molecule is CO[C@@H](C)CNC(=O)c1ccc2nn(CC3CN(C(=O)c4ccc(Cl)cc4)C3)cc2c1C. The highest BCUT2D eigenvalue weighted by atomic mass is 35.5. The van der Waals surface area contributed by atoms with E-state index in [1.807, 2.05) is 41.8 Å². The molecule has 168 valence electrons. The van der Waals surface area contributed by atoms with Crippen LogP contribution in [-0.2, 0) is 11.3 Å². The van der Waals surface area contributed by atoms with Crippen molar-refractivity contribution in [1.82, 2.24) is 20.0 Å². The number of carbonyl (C=O) groups is 2. The number of halogens is 1. The van der Waals surface area contributed by atoms with Crippen molar-refractivity contribution < 1.29 is 14.3 Å². The van der Waals surface area contributed by atoms with Crippen molar-refractivity contribution >= 4 is 34.3 Å². The molecule has 0 bridgehead atoms. The van der Waals surface area contributed by atoms with Crippen LogP contribution < -0.4 is 5.32 Å². The third-order valence-corrected chi connectivity index (χ3v) is 6.24. The highest BCUT2D eigenvalue weighted by molar-refractivity contribution is 6.30. The average Bonchev–Trinajstić information content (AvgIpc) is 3.18. The molecule has 1 atom stereocenters. The van der Waals surface area contributed by atoms with E-state index in [-0.39, 0.29) is 17.9 Å². The Morgan fingerprint density at radius 3 is 2.62 bits per heavy atom. The van der Waals surface area contributed by atoms with E-state index >= 15 is 0 Å². The molecular weight excluding hydrogens is 428 g/mol. The Morgan fingerprint density at radius 1 is 1.22 bits per heavy atom. The van der Waals surface area contributed by atoms with E-state index in [0.717, 1.165) is 23.0 Å². The molecule has 1 aliphatic rings. The fraction of sp³-hybridized carbons (Fsp3) is 0.375. The molecule has 0 aliphatic carbocycles. The first-order chi connectivity index (χ1) is 15.4. The predicted octanol–water partition coefficient (Wildman–Crippen LogP) is 3.54. The minimum absolute atomic E-state index is 0.0258. The first-order valence-corrected chi connectivity index (χ1v) is 11.1. The van der Waals surface area contributed by atoms with Crippen molar-refractivity contribution in [3.05, 3.63) is 64.3 Å². The van der Waals surface area contributed by atoms with Gasteiger partial charge in [-0.3, -0.25) is 14.3 Å². The van der Waals surface area contributed by atoms with Crippen molar-refractivity contribution in [3.8, 4) is 0 Å². The second-order valence-corrected chi connectivity index (χ2v) is 8.80. The second-order valence-electron chi connectivity index (χ2n) is 8.36. The predicted molar refractivity (Wildman–Crippen MR) is 124 cm³/mol. The molecule has 0 unspecified atom stereocenters. The number of hydrogen-bond acceptors (Lipinski definition) is 4. The number of nitrogens with zero attached hydrogens (tertiary/aromatic N) is 3. The number of ether oxygens (including phenoxy) is 1. The molecule has 1 aliphatic heterocycles. The molecule has 1 saturated heterocycles. The lowest BCUT2D eigenvalue weighted by molar-refractivity contribution is 0.0462. The van der Waals surface area contributed by atoms with Gasteiger partial charge in [0, 0.05) is 66.9 Å². The molecule has 4 rings (SSSR count). The van der Waals surface area contributed by atoms with Crippen LogP contribution in [0.5, 0.6) is 0 Å². The zero-order chi connectivity index (χ0) is 22.8. The van der Waals surface area contributed by atoms with E-state index in [1.54, 1.807) is 31.4 Å². The molecule has 3 aromatic rings. The van der Waals surface area contributed by atoms with Gasteiger partial charge in [0.1, 0.15) is 0 Å². The van der Waals surface area contributed by atoms with Crippen LogP contribution in [-0.4, -0.2) is 59.3 Å². The lowest BCUT2D eigenvalue weighted by Crippen LogP contribution is -2.51. The third kappa shape index (κ3) is 4.64. The Hall–Kier alpha value is -2.90. The van der Waals surface area contributed by atoms with Gasteiger partial charge in [-0.1, -0.05) is 11.6 Å². The van der Waals surface area contributed by atoms with Gasteiger partial charge in [-0.15, -0.1) is 0 Å². The van der Waals surface area contributed by atoms with Crippen LogP contribution in [0.4, 0.5) is 0 Å². The summed E-state index contributed by atoms with van der Waals surface area (Å²) >= 11 is 5.90. The number of hydrogen-bond donors (Lipinski definition) is 1. The maximum atomic E-state index is 12.6. The molecule has 1 fully saturated rings. The standard InChI is InChI=1S/C24H27ClN4O3/c1-15(32-3)10-26-23(30)20-8-9-22-21(16(20)2)14-29(27-22)13-17-11-28(12-17)24(31)18-4-6-19(25)7-5-18/h4-9,14-15,17H,10-13H2,1-3H3,(H,26,30)/t15-/m0/s1. The zero-order valence-electron chi connectivity index (χ0n) is 18.5. The number of rotatable bonds is 7. The van der Waals surface area contributed by atoms with Gasteiger partial charge in [-0.05, 0) is 55.8 Å². The van der Waals surface area contributed by atoms with Gasteiger partial charge in [-0.25, -0.2) is 0 Å². The highest BCUT2D eigenvalue weighted by Crippen LogP contribution is 2.24. The average molecular weight is 455 g/mol. The van der Waals surface area contributed by atoms with E-state index in [1.165, 1.54) is 0 Å². The molecule has 2 aromatic carbocycles. The van der Waals surface area contributed by atoms with E-state index in [0.29, 0.717) is 41.7 Å². The summed E-state index contributed by atoms with van der Waals surface area (Å²) in [7, 11) is 1.62. The van der Waals surface area contributed by atoms with Crippen LogP contribution in [0.3, 0.4) is 0 Å². The molecule has 1 N–H and O–H groups in total. The van der Waals surface area contributed by atoms with Gasteiger partial charge < -0.3 is 15.0 Å². The monoisotopic (exact) mass is 454 g/mol. The van der Waals surface area contributed by atoms with Crippen molar-refractivity contribution in [2.45, 2.75) is 26.5 Å². The molecule has 2 amide bonds. The molecule has 0 saturated carbocycles. The smallest absolute Gasteiger partial charge is 0.253 e. The highest BCUT2D eigenvalue weighted by Gasteiger charge is 2.31. The molecule has 2 heterocycles. The van der Waals surface area contributed by atoms with Gasteiger partial charge in [-0.2, -0.15) is 5.10 Å². The Bertz CT molecular complexity index is 1140. The number of benzene rings is 2. The molecular formula is C24H27ClN4O3. The van der Waals surface area contributed by atoms with E-state index in [2.05, 4.69) is 10.4 Å². The summed E-state index contributed by atoms with van der Waals surface area (Å²) in [6.07, 6.45) is 1.95. The maximum Gasteiger partial charge on any atom is 0.253 e. The fourth-order valence-corrected chi connectivity index (χ4v) is 4.05. The van der Waals surface area contributed by atoms with Crippen molar-refractivity contribution in [3.63, 3.8) is 0 Å². The van der Waals surface area contributed by atoms with Crippen LogP contribution in [0.25, 0.3) is 10.9 Å². The Labute approximate surface area is 192 Å². The minimum atomic E-state index is -0.114. The lowest BCUT2D eigenvalue weighted by atomic mass is 9.99. The molecule has 1 aromatic heterocycles. The van der Waals surface area contributed by atoms with Crippen LogP contribution in [0.2, 0.25) is 5.02 Å². The van der Waals surface area contributed by atoms with Crippen molar-refractivity contribution in [2.75, 3.05) is 26.7 Å². The van der Waals surface area contributed by atoms with Crippen molar-refractivity contribution in [2.24, 2.45) is 5.92 Å². The Balaban J connectivity index is 1.38. The Morgan fingerprint density at radius 2 is 1.94 bits per heavy atom. The molecule has 8 heteroatoms. The van der Waals surface area contributed by atoms with Gasteiger partial charge >= 0.3 is 0 Å². The van der Waals surface area contributed by atoms with E-state index in [9.17, 15) is 9.59 Å². The summed E-state index contributed by atoms with van der Waals surface area (Å²) in [5.41, 5.74) is 3.06. The largest absolute Gasteiger partial charge is 0.380 e. The fourth-order valence-electron chi connectivity index (χ4n) is 3.93. The van der Waals surface area contributed by atoms with E-state index in [4.69, 9.17) is 16.3 Å². The number of amides is 2. The summed E-state index contributed by atoms with van der Waals surface area (Å²) < 4.78 is 7.11. The van der Waals surface area contributed by atoms with Crippen LogP contribution >= 0.6 is 11.6 Å². The zero-order valence-corrected chi connectivity index (χ0v) is 19.2. The normalized spacial score (nSPS) is 14.9. The number of aromatic nitrogens is 2. The second kappa shape index (κ2) is 9.30. The number of aryl methyl sites for hydroxylation is 1. The number of carbonyl (C=O) groups excluding carboxylic acids is 2. The Kier molecular flexibility index (Phi) is 6.48. The van der Waals surface area contributed by atoms with Gasteiger partial charge in [0.05, 0.1) is 11.6 Å². The number of likely N-dealkylation sites (tertiary alicyclic amines) is 1. The van der Waals surface area contributed by atoms with Crippen LogP contribution in [0, 0.1) is 12.8 Å². The van der Waals surface area contributed by atoms with Gasteiger partial charge in [0.15, 0.2) is 0 Å². The number of methoxy groups -OCH3 is 1. The molecule has 0 radical (unpaired) electrons. The maximum absolute atomic E-state index is 12.6. The quantitative estimate of drug-likeness (QED) is 0.592. The summed E-state index contributed by atoms with van der Waals surface area (Å²) in [4.78, 5) is 27.0. The number of fused-ring (bicyclic) bond motifs is 1. The van der Waals surface area contributed by atoms with Gasteiger partial charge in [0.25, 0.3) is 11.8 Å². The topological polar surface area (TPSA) is 76.5 Å². The molecule has 0 spiro atoms. The number of nitrogens with one attached hydrogen (secondary N) is 1. The molecule has 32 heavy (non-hydrogen) atoms. The first kappa shape index (κ1) is 22.3. The van der Waals surface area contributed by atoms with Gasteiger partial charge in [0.2, 0.25) is 0 Å². The first-order valence-electron chi connectivity index (χ1n) is 10.7. The van der Waals surface area contributed by atoms with Crippen molar-refractivity contribution in [1.29, 1.82) is 0 Å².